The topological polar surface area (TPSA) is 95.2 Å². The van der Waals surface area contributed by atoms with Gasteiger partial charge < -0.3 is 4.98 Å². The first-order valence-electron chi connectivity index (χ1n) is 8.98. The molecule has 1 aromatic heterocycles. The third-order valence-electron chi connectivity index (χ3n) is 4.28. The summed E-state index contributed by atoms with van der Waals surface area (Å²) in [6.45, 7) is 4.45. The molecule has 0 fully saturated rings. The SMILES string of the molecule is CCN(CC)S(=O)(=O)c1ccc(/C=C/C(=O)Nc2nc3ccccc3[nH]2)cc1. The van der Waals surface area contributed by atoms with E-state index in [-0.39, 0.29) is 10.8 Å². The number of carbonyl (C=O) groups excluding carboxylic acids is 1. The molecule has 1 heterocycles. The van der Waals surface area contributed by atoms with Crippen LogP contribution in [-0.4, -0.2) is 41.7 Å². The summed E-state index contributed by atoms with van der Waals surface area (Å²) in [4.78, 5) is 19.6. The molecule has 0 bridgehead atoms. The summed E-state index contributed by atoms with van der Waals surface area (Å²) in [6.07, 6.45) is 2.99. The minimum atomic E-state index is -3.49. The Morgan fingerprint density at radius 2 is 1.79 bits per heavy atom. The highest BCUT2D eigenvalue weighted by Gasteiger charge is 2.20. The Labute approximate surface area is 164 Å². The average Bonchev–Trinajstić information content (AvgIpc) is 3.09. The number of benzene rings is 2. The fourth-order valence-electron chi connectivity index (χ4n) is 2.81. The van der Waals surface area contributed by atoms with Gasteiger partial charge in [-0.1, -0.05) is 38.1 Å². The second-order valence-corrected chi connectivity index (χ2v) is 8.02. The maximum absolute atomic E-state index is 12.5. The summed E-state index contributed by atoms with van der Waals surface area (Å²) >= 11 is 0. The zero-order chi connectivity index (χ0) is 20.1. The van der Waals surface area contributed by atoms with Crippen LogP contribution >= 0.6 is 0 Å². The monoisotopic (exact) mass is 398 g/mol. The number of hydrogen-bond donors (Lipinski definition) is 2. The Morgan fingerprint density at radius 3 is 2.43 bits per heavy atom. The summed E-state index contributed by atoms with van der Waals surface area (Å²) in [5, 5.41) is 2.67. The van der Waals surface area contributed by atoms with E-state index < -0.39 is 10.0 Å². The molecular formula is C20H22N4O3S. The number of rotatable bonds is 7. The van der Waals surface area contributed by atoms with Crippen molar-refractivity contribution in [1.29, 1.82) is 0 Å². The molecule has 2 aromatic carbocycles. The molecule has 0 radical (unpaired) electrons. The highest BCUT2D eigenvalue weighted by Crippen LogP contribution is 2.17. The summed E-state index contributed by atoms with van der Waals surface area (Å²) in [7, 11) is -3.49. The van der Waals surface area contributed by atoms with Gasteiger partial charge in [-0.2, -0.15) is 4.31 Å². The number of imidazole rings is 1. The number of sulfonamides is 1. The van der Waals surface area contributed by atoms with E-state index in [2.05, 4.69) is 15.3 Å². The van der Waals surface area contributed by atoms with Crippen LogP contribution in [0, 0.1) is 0 Å². The first kappa shape index (κ1) is 19.8. The number of H-pyrrole nitrogens is 1. The van der Waals surface area contributed by atoms with Crippen molar-refractivity contribution in [2.45, 2.75) is 18.7 Å². The molecule has 0 spiro atoms. The van der Waals surface area contributed by atoms with Crippen molar-refractivity contribution >= 4 is 39.0 Å². The first-order chi connectivity index (χ1) is 13.4. The van der Waals surface area contributed by atoms with Crippen LogP contribution in [0.2, 0.25) is 0 Å². The first-order valence-corrected chi connectivity index (χ1v) is 10.4. The molecule has 8 heteroatoms. The van der Waals surface area contributed by atoms with Crippen LogP contribution < -0.4 is 5.32 Å². The molecule has 146 valence electrons. The molecular weight excluding hydrogens is 376 g/mol. The van der Waals surface area contributed by atoms with E-state index in [1.54, 1.807) is 44.2 Å². The van der Waals surface area contributed by atoms with Crippen molar-refractivity contribution in [2.24, 2.45) is 0 Å². The Morgan fingerprint density at radius 1 is 1.11 bits per heavy atom. The number of amides is 1. The van der Waals surface area contributed by atoms with Crippen molar-refractivity contribution in [1.82, 2.24) is 14.3 Å². The van der Waals surface area contributed by atoms with Gasteiger partial charge in [0.05, 0.1) is 15.9 Å². The lowest BCUT2D eigenvalue weighted by molar-refractivity contribution is -0.111. The molecule has 0 saturated heterocycles. The Kier molecular flexibility index (Phi) is 5.91. The van der Waals surface area contributed by atoms with Crippen LogP contribution in [0.3, 0.4) is 0 Å². The maximum Gasteiger partial charge on any atom is 0.250 e. The standard InChI is InChI=1S/C20H22N4O3S/c1-3-24(4-2)28(26,27)16-12-9-15(10-13-16)11-14-19(25)23-20-21-17-7-5-6-8-18(17)22-20/h5-14H,3-4H2,1-2H3,(H2,21,22,23,25)/b14-11+. The highest BCUT2D eigenvalue weighted by molar-refractivity contribution is 7.89. The van der Waals surface area contributed by atoms with E-state index in [9.17, 15) is 13.2 Å². The number of anilines is 1. The Hall–Kier alpha value is -2.97. The average molecular weight is 398 g/mol. The van der Waals surface area contributed by atoms with Gasteiger partial charge in [-0.3, -0.25) is 10.1 Å². The van der Waals surface area contributed by atoms with Gasteiger partial charge in [0.2, 0.25) is 16.0 Å². The van der Waals surface area contributed by atoms with Gasteiger partial charge in [-0.05, 0) is 35.9 Å². The zero-order valence-electron chi connectivity index (χ0n) is 15.7. The second kappa shape index (κ2) is 8.37. The van der Waals surface area contributed by atoms with Crippen molar-refractivity contribution in [3.8, 4) is 0 Å². The van der Waals surface area contributed by atoms with E-state index in [1.165, 1.54) is 10.4 Å². The van der Waals surface area contributed by atoms with E-state index in [4.69, 9.17) is 0 Å². The third-order valence-corrected chi connectivity index (χ3v) is 6.35. The molecule has 3 rings (SSSR count). The van der Waals surface area contributed by atoms with Crippen LogP contribution in [0.15, 0.2) is 59.5 Å². The molecule has 0 unspecified atom stereocenters. The Balaban J connectivity index is 1.67. The fourth-order valence-corrected chi connectivity index (χ4v) is 4.26. The molecule has 28 heavy (non-hydrogen) atoms. The molecule has 1 amide bonds. The predicted molar refractivity (Wildman–Crippen MR) is 110 cm³/mol. The van der Waals surface area contributed by atoms with E-state index in [0.29, 0.717) is 19.0 Å². The van der Waals surface area contributed by atoms with Crippen molar-refractivity contribution in [3.05, 3.63) is 60.2 Å². The van der Waals surface area contributed by atoms with Crippen LogP contribution in [0.25, 0.3) is 17.1 Å². The number of aromatic amines is 1. The molecule has 7 nitrogen and oxygen atoms in total. The quantitative estimate of drug-likeness (QED) is 0.597. The van der Waals surface area contributed by atoms with E-state index >= 15 is 0 Å². The van der Waals surface area contributed by atoms with Crippen LogP contribution in [0.5, 0.6) is 0 Å². The number of nitrogens with one attached hydrogen (secondary N) is 2. The van der Waals surface area contributed by atoms with Gasteiger partial charge >= 0.3 is 0 Å². The number of fused-ring (bicyclic) bond motifs is 1. The van der Waals surface area contributed by atoms with E-state index in [0.717, 1.165) is 16.6 Å². The zero-order valence-corrected chi connectivity index (χ0v) is 16.5. The smallest absolute Gasteiger partial charge is 0.250 e. The van der Waals surface area contributed by atoms with Gasteiger partial charge in [0.25, 0.3) is 5.91 Å². The number of aromatic nitrogens is 2. The molecule has 0 atom stereocenters. The van der Waals surface area contributed by atoms with Gasteiger partial charge in [0.1, 0.15) is 0 Å². The lowest BCUT2D eigenvalue weighted by Crippen LogP contribution is -2.30. The lowest BCUT2D eigenvalue weighted by Gasteiger charge is -2.18. The van der Waals surface area contributed by atoms with Crippen LogP contribution in [0.4, 0.5) is 5.95 Å². The number of nitrogens with zero attached hydrogens (tertiary/aromatic N) is 2. The summed E-state index contributed by atoms with van der Waals surface area (Å²) < 4.78 is 26.4. The third kappa shape index (κ3) is 4.29. The minimum absolute atomic E-state index is 0.236. The summed E-state index contributed by atoms with van der Waals surface area (Å²) in [6, 6.07) is 13.9. The maximum atomic E-state index is 12.5. The largest absolute Gasteiger partial charge is 0.324 e. The summed E-state index contributed by atoms with van der Waals surface area (Å²) in [5.74, 6) is 0.0374. The molecule has 0 aliphatic heterocycles. The minimum Gasteiger partial charge on any atom is -0.324 e. The number of carbonyl (C=O) groups is 1. The van der Waals surface area contributed by atoms with Gasteiger partial charge in [0.15, 0.2) is 0 Å². The summed E-state index contributed by atoms with van der Waals surface area (Å²) in [5.41, 5.74) is 2.33. The van der Waals surface area contributed by atoms with Gasteiger partial charge in [0, 0.05) is 19.2 Å². The van der Waals surface area contributed by atoms with Crippen molar-refractivity contribution in [3.63, 3.8) is 0 Å². The number of para-hydroxylation sites is 2. The molecule has 3 aromatic rings. The normalized spacial score (nSPS) is 12.1. The highest BCUT2D eigenvalue weighted by atomic mass is 32.2. The number of hydrogen-bond acceptors (Lipinski definition) is 4. The van der Waals surface area contributed by atoms with Crippen LogP contribution in [-0.2, 0) is 14.8 Å². The van der Waals surface area contributed by atoms with Crippen molar-refractivity contribution in [2.75, 3.05) is 18.4 Å². The predicted octanol–water partition coefficient (Wildman–Crippen LogP) is 3.25. The van der Waals surface area contributed by atoms with Crippen molar-refractivity contribution < 1.29 is 13.2 Å². The molecule has 0 aliphatic rings. The fraction of sp³-hybridized carbons (Fsp3) is 0.200. The van der Waals surface area contributed by atoms with Gasteiger partial charge in [-0.15, -0.1) is 0 Å². The molecule has 0 saturated carbocycles. The van der Waals surface area contributed by atoms with Crippen LogP contribution in [0.1, 0.15) is 19.4 Å². The second-order valence-electron chi connectivity index (χ2n) is 6.08. The molecule has 2 N–H and O–H groups in total. The Bertz CT molecular complexity index is 1060. The lowest BCUT2D eigenvalue weighted by atomic mass is 10.2. The molecule has 0 aliphatic carbocycles. The van der Waals surface area contributed by atoms with E-state index in [1.807, 2.05) is 24.3 Å². The van der Waals surface area contributed by atoms with Gasteiger partial charge in [-0.25, -0.2) is 13.4 Å².